The van der Waals surface area contributed by atoms with Crippen LogP contribution in [0.1, 0.15) is 6.92 Å². The normalized spacial score (nSPS) is 17.1. The summed E-state index contributed by atoms with van der Waals surface area (Å²) in [7, 11) is 0. The molecule has 0 aliphatic carbocycles. The molecule has 6 heteroatoms. The van der Waals surface area contributed by atoms with Crippen LogP contribution < -0.4 is 16.1 Å². The molecular formula is C17H16N4O2. The molecule has 6 nitrogen and oxygen atoms in total. The Morgan fingerprint density at radius 3 is 2.43 bits per heavy atom. The predicted octanol–water partition coefficient (Wildman–Crippen LogP) is 2.25. The van der Waals surface area contributed by atoms with Crippen molar-refractivity contribution in [1.29, 1.82) is 0 Å². The van der Waals surface area contributed by atoms with Gasteiger partial charge in [-0.05, 0) is 43.3 Å². The molecule has 0 saturated heterocycles. The molecule has 0 bridgehead atoms. The van der Waals surface area contributed by atoms with Crippen molar-refractivity contribution in [1.82, 2.24) is 0 Å². The van der Waals surface area contributed by atoms with E-state index < -0.39 is 11.8 Å². The number of nitrogens with two attached hydrogens (primary N) is 1. The van der Waals surface area contributed by atoms with Crippen molar-refractivity contribution < 1.29 is 9.59 Å². The zero-order valence-electron chi connectivity index (χ0n) is 12.6. The van der Waals surface area contributed by atoms with Gasteiger partial charge in [0.2, 0.25) is 5.91 Å². The Kier molecular flexibility index (Phi) is 3.80. The number of nitrogen functional groups attached to an aromatic ring is 1. The smallest absolute Gasteiger partial charge is 0.265 e. The van der Waals surface area contributed by atoms with E-state index in [2.05, 4.69) is 10.4 Å². The second-order valence-corrected chi connectivity index (χ2v) is 5.27. The van der Waals surface area contributed by atoms with Gasteiger partial charge in [0.05, 0.1) is 11.4 Å². The fourth-order valence-electron chi connectivity index (χ4n) is 2.40. The first-order valence-corrected chi connectivity index (χ1v) is 7.17. The van der Waals surface area contributed by atoms with Crippen LogP contribution in [0.4, 0.5) is 17.1 Å². The van der Waals surface area contributed by atoms with Crippen LogP contribution in [0.25, 0.3) is 0 Å². The number of carbonyl (C=O) groups is 2. The average molecular weight is 308 g/mol. The Morgan fingerprint density at radius 2 is 1.78 bits per heavy atom. The van der Waals surface area contributed by atoms with Gasteiger partial charge in [0.15, 0.2) is 5.92 Å². The zero-order valence-corrected chi connectivity index (χ0v) is 12.6. The fraction of sp³-hybridized carbons (Fsp3) is 0.118. The van der Waals surface area contributed by atoms with Crippen LogP contribution in [-0.4, -0.2) is 17.5 Å². The summed E-state index contributed by atoms with van der Waals surface area (Å²) in [6.45, 7) is 1.67. The standard InChI is InChI=1S/C17H16N4O2/c1-11-15(16(22)19-13-9-7-12(18)8-10-13)17(23)21(20-11)14-5-3-2-4-6-14/h2-10,15H,18H2,1H3,(H,19,22). The molecule has 2 aromatic carbocycles. The third-order valence-electron chi connectivity index (χ3n) is 3.57. The lowest BCUT2D eigenvalue weighted by atomic mass is 10.0. The minimum atomic E-state index is -0.923. The van der Waals surface area contributed by atoms with Gasteiger partial charge in [0.1, 0.15) is 0 Å². The summed E-state index contributed by atoms with van der Waals surface area (Å²) in [4.78, 5) is 25.0. The van der Waals surface area contributed by atoms with Crippen molar-refractivity contribution in [3.05, 3.63) is 54.6 Å². The van der Waals surface area contributed by atoms with E-state index in [-0.39, 0.29) is 5.91 Å². The number of hydrazone groups is 1. The molecule has 0 spiro atoms. The third-order valence-corrected chi connectivity index (χ3v) is 3.57. The van der Waals surface area contributed by atoms with Crippen molar-refractivity contribution in [2.75, 3.05) is 16.1 Å². The highest BCUT2D eigenvalue weighted by molar-refractivity contribution is 6.28. The lowest BCUT2D eigenvalue weighted by Gasteiger charge is -2.14. The molecule has 2 amide bonds. The van der Waals surface area contributed by atoms with Gasteiger partial charge in [-0.15, -0.1) is 0 Å². The molecule has 3 rings (SSSR count). The number of carbonyl (C=O) groups excluding carboxylic acids is 2. The summed E-state index contributed by atoms with van der Waals surface area (Å²) in [5.41, 5.74) is 7.91. The van der Waals surface area contributed by atoms with E-state index in [9.17, 15) is 9.59 Å². The maximum absolute atomic E-state index is 12.5. The molecule has 0 fully saturated rings. The molecule has 0 aromatic heterocycles. The van der Waals surface area contributed by atoms with E-state index in [1.807, 2.05) is 18.2 Å². The Balaban J connectivity index is 1.78. The van der Waals surface area contributed by atoms with Gasteiger partial charge in [0, 0.05) is 11.4 Å². The number of rotatable bonds is 3. The number of benzene rings is 2. The van der Waals surface area contributed by atoms with Crippen LogP contribution in [0.3, 0.4) is 0 Å². The summed E-state index contributed by atoms with van der Waals surface area (Å²) >= 11 is 0. The lowest BCUT2D eigenvalue weighted by Crippen LogP contribution is -2.36. The quantitative estimate of drug-likeness (QED) is 0.673. The fourth-order valence-corrected chi connectivity index (χ4v) is 2.40. The van der Waals surface area contributed by atoms with Crippen LogP contribution >= 0.6 is 0 Å². The maximum atomic E-state index is 12.5. The highest BCUT2D eigenvalue weighted by Crippen LogP contribution is 2.24. The summed E-state index contributed by atoms with van der Waals surface area (Å²) in [5, 5.41) is 8.21. The number of amides is 2. The molecule has 1 atom stereocenters. The number of anilines is 3. The van der Waals surface area contributed by atoms with Crippen LogP contribution in [0.5, 0.6) is 0 Å². The summed E-state index contributed by atoms with van der Waals surface area (Å²) in [6.07, 6.45) is 0. The van der Waals surface area contributed by atoms with Gasteiger partial charge < -0.3 is 11.1 Å². The van der Waals surface area contributed by atoms with Gasteiger partial charge in [-0.25, -0.2) is 0 Å². The Hall–Kier alpha value is -3.15. The van der Waals surface area contributed by atoms with Gasteiger partial charge in [-0.1, -0.05) is 18.2 Å². The van der Waals surface area contributed by atoms with E-state index in [1.54, 1.807) is 43.3 Å². The van der Waals surface area contributed by atoms with Crippen LogP contribution in [0.15, 0.2) is 59.7 Å². The van der Waals surface area contributed by atoms with Crippen molar-refractivity contribution in [2.45, 2.75) is 6.92 Å². The molecule has 0 saturated carbocycles. The summed E-state index contributed by atoms with van der Waals surface area (Å²) in [5.74, 6) is -1.69. The van der Waals surface area contributed by atoms with Gasteiger partial charge in [-0.3, -0.25) is 9.59 Å². The van der Waals surface area contributed by atoms with Gasteiger partial charge in [-0.2, -0.15) is 10.1 Å². The van der Waals surface area contributed by atoms with Crippen LogP contribution in [-0.2, 0) is 9.59 Å². The Bertz CT molecular complexity index is 769. The van der Waals surface area contributed by atoms with Crippen molar-refractivity contribution in [3.8, 4) is 0 Å². The number of hydrogen-bond donors (Lipinski definition) is 2. The molecular weight excluding hydrogens is 292 g/mol. The average Bonchev–Trinajstić information content (AvgIpc) is 2.85. The molecule has 1 aliphatic rings. The first-order valence-electron chi connectivity index (χ1n) is 7.17. The monoisotopic (exact) mass is 308 g/mol. The van der Waals surface area contributed by atoms with E-state index in [0.717, 1.165) is 0 Å². The number of nitrogens with zero attached hydrogens (tertiary/aromatic N) is 2. The molecule has 1 heterocycles. The molecule has 0 radical (unpaired) electrons. The molecule has 116 valence electrons. The van der Waals surface area contributed by atoms with E-state index in [4.69, 9.17) is 5.73 Å². The van der Waals surface area contributed by atoms with Crippen molar-refractivity contribution >= 4 is 34.6 Å². The Labute approximate surface area is 133 Å². The predicted molar refractivity (Wildman–Crippen MR) is 90.0 cm³/mol. The summed E-state index contributed by atoms with van der Waals surface area (Å²) in [6, 6.07) is 15.8. The van der Waals surface area contributed by atoms with E-state index in [1.165, 1.54) is 5.01 Å². The van der Waals surface area contributed by atoms with Crippen molar-refractivity contribution in [3.63, 3.8) is 0 Å². The SMILES string of the molecule is CC1=NN(c2ccccc2)C(=O)C1C(=O)Nc1ccc(N)cc1. The highest BCUT2D eigenvalue weighted by Gasteiger charge is 2.39. The van der Waals surface area contributed by atoms with E-state index in [0.29, 0.717) is 22.8 Å². The molecule has 23 heavy (non-hydrogen) atoms. The maximum Gasteiger partial charge on any atom is 0.265 e. The van der Waals surface area contributed by atoms with Crippen LogP contribution in [0.2, 0.25) is 0 Å². The molecule has 1 aliphatic heterocycles. The molecule has 2 aromatic rings. The summed E-state index contributed by atoms with van der Waals surface area (Å²) < 4.78 is 0. The number of hydrogen-bond acceptors (Lipinski definition) is 4. The minimum absolute atomic E-state index is 0.360. The van der Waals surface area contributed by atoms with Gasteiger partial charge >= 0.3 is 0 Å². The number of para-hydroxylation sites is 1. The first-order chi connectivity index (χ1) is 11.1. The number of nitrogens with one attached hydrogen (secondary N) is 1. The largest absolute Gasteiger partial charge is 0.399 e. The van der Waals surface area contributed by atoms with Gasteiger partial charge in [0.25, 0.3) is 5.91 Å². The zero-order chi connectivity index (χ0) is 16.4. The minimum Gasteiger partial charge on any atom is -0.399 e. The first kappa shape index (κ1) is 14.8. The molecule has 1 unspecified atom stereocenters. The Morgan fingerprint density at radius 1 is 1.13 bits per heavy atom. The van der Waals surface area contributed by atoms with Crippen LogP contribution in [0, 0.1) is 5.92 Å². The second-order valence-electron chi connectivity index (χ2n) is 5.27. The lowest BCUT2D eigenvalue weighted by molar-refractivity contribution is -0.127. The second kappa shape index (κ2) is 5.92. The topological polar surface area (TPSA) is 87.8 Å². The highest BCUT2D eigenvalue weighted by atomic mass is 16.2. The van der Waals surface area contributed by atoms with Crippen molar-refractivity contribution in [2.24, 2.45) is 11.0 Å². The third kappa shape index (κ3) is 2.91. The van der Waals surface area contributed by atoms with E-state index >= 15 is 0 Å². The molecule has 3 N–H and O–H groups in total.